The van der Waals surface area contributed by atoms with Gasteiger partial charge in [-0.05, 0) is 48.7 Å². The van der Waals surface area contributed by atoms with E-state index in [-0.39, 0.29) is 97.0 Å². The summed E-state index contributed by atoms with van der Waals surface area (Å²) in [6.07, 6.45) is 52.6. The lowest BCUT2D eigenvalue weighted by atomic mass is 9.92. The number of carbonyl (C=O) groups is 4. The molecule has 0 aromatic heterocycles. The third-order valence-corrected chi connectivity index (χ3v) is 20.6. The summed E-state index contributed by atoms with van der Waals surface area (Å²) in [4.78, 5) is 54.5. The van der Waals surface area contributed by atoms with Crippen molar-refractivity contribution >= 4 is 70.9 Å². The highest BCUT2D eigenvalue weighted by atomic mass is 32.2. The summed E-state index contributed by atoms with van der Waals surface area (Å²) in [6, 6.07) is 0. The molecule has 0 aliphatic heterocycles. The molecule has 0 fully saturated rings. The SMILES string of the molecule is CCCCCCCCCCCCSC(C)CC(=O)OCC(COC(=O)CC(C)SCCCCCCCCCCCC)(COC(=O)CC(C)SCCCCCCCCCCCC)COC(=O)CC(C)SCCCCCCCCCCCC. The van der Waals surface area contributed by atoms with Crippen LogP contribution in [-0.2, 0) is 38.1 Å². The van der Waals surface area contributed by atoms with Gasteiger partial charge in [0.2, 0.25) is 0 Å². The zero-order chi connectivity index (χ0) is 59.5. The smallest absolute Gasteiger partial charge is 0.306 e. The molecule has 12 heteroatoms. The van der Waals surface area contributed by atoms with Gasteiger partial charge in [0, 0.05) is 21.0 Å². The van der Waals surface area contributed by atoms with E-state index in [1.54, 1.807) is 47.0 Å². The Labute approximate surface area is 519 Å². The molecule has 0 bridgehead atoms. The zero-order valence-corrected chi connectivity index (χ0v) is 57.7. The lowest BCUT2D eigenvalue weighted by Gasteiger charge is -2.32. The fraction of sp³-hybridized carbons (Fsp3) is 0.942. The molecule has 0 radical (unpaired) electrons. The largest absolute Gasteiger partial charge is 0.465 e. The van der Waals surface area contributed by atoms with Crippen molar-refractivity contribution in [1.82, 2.24) is 0 Å². The van der Waals surface area contributed by atoms with Gasteiger partial charge in [0.05, 0.1) is 25.7 Å². The van der Waals surface area contributed by atoms with Gasteiger partial charge in [-0.1, -0.05) is 287 Å². The topological polar surface area (TPSA) is 105 Å². The van der Waals surface area contributed by atoms with Gasteiger partial charge >= 0.3 is 23.9 Å². The molecule has 0 aliphatic rings. The minimum absolute atomic E-state index is 0.0665. The van der Waals surface area contributed by atoms with Crippen LogP contribution in [0.4, 0.5) is 0 Å². The van der Waals surface area contributed by atoms with Gasteiger partial charge in [0.1, 0.15) is 31.8 Å². The summed E-state index contributed by atoms with van der Waals surface area (Å²) < 4.78 is 24.2. The maximum absolute atomic E-state index is 13.6. The van der Waals surface area contributed by atoms with Gasteiger partial charge in [0.15, 0.2) is 0 Å². The number of unbranched alkanes of at least 4 members (excludes halogenated alkanes) is 36. The van der Waals surface area contributed by atoms with Gasteiger partial charge in [-0.2, -0.15) is 47.0 Å². The van der Waals surface area contributed by atoms with Gasteiger partial charge in [-0.25, -0.2) is 0 Å². The van der Waals surface area contributed by atoms with E-state index >= 15 is 0 Å². The molecule has 0 N–H and O–H groups in total. The Morgan fingerprint density at radius 3 is 0.568 bits per heavy atom. The molecule has 8 nitrogen and oxygen atoms in total. The van der Waals surface area contributed by atoms with E-state index in [1.165, 1.54) is 231 Å². The van der Waals surface area contributed by atoms with Crippen LogP contribution in [0.1, 0.15) is 338 Å². The van der Waals surface area contributed by atoms with Crippen LogP contribution in [0.25, 0.3) is 0 Å². The van der Waals surface area contributed by atoms with E-state index < -0.39 is 5.41 Å². The van der Waals surface area contributed by atoms with Gasteiger partial charge in [0.25, 0.3) is 0 Å². The minimum atomic E-state index is -1.27. The van der Waals surface area contributed by atoms with Gasteiger partial charge in [-0.3, -0.25) is 19.2 Å². The predicted molar refractivity (Wildman–Crippen MR) is 360 cm³/mol. The number of rotatable bonds is 64. The summed E-state index contributed by atoms with van der Waals surface area (Å²) in [7, 11) is 0. The molecule has 0 saturated carbocycles. The number of thioether (sulfide) groups is 4. The van der Waals surface area contributed by atoms with Gasteiger partial charge < -0.3 is 18.9 Å². The van der Waals surface area contributed by atoms with Crippen LogP contribution in [0.2, 0.25) is 0 Å². The molecule has 0 aromatic rings. The molecular formula is C69H132O8S4. The van der Waals surface area contributed by atoms with E-state index in [1.807, 2.05) is 0 Å². The fourth-order valence-corrected chi connectivity index (χ4v) is 14.2. The van der Waals surface area contributed by atoms with Crippen LogP contribution in [0.3, 0.4) is 0 Å². The summed E-state index contributed by atoms with van der Waals surface area (Å²) in [5, 5.41) is 0.266. The average Bonchev–Trinajstić information content (AvgIpc) is 3.46. The molecular weight excluding hydrogens is 1090 g/mol. The lowest BCUT2D eigenvalue weighted by molar-refractivity contribution is -0.170. The number of ether oxygens (including phenoxy) is 4. The van der Waals surface area contributed by atoms with Crippen molar-refractivity contribution in [3.05, 3.63) is 0 Å². The van der Waals surface area contributed by atoms with E-state index in [0.29, 0.717) is 0 Å². The summed E-state index contributed by atoms with van der Waals surface area (Å²) in [5.74, 6) is 2.54. The molecule has 0 aliphatic carbocycles. The van der Waals surface area contributed by atoms with Crippen LogP contribution in [0, 0.1) is 5.41 Å². The third kappa shape index (κ3) is 56.8. The van der Waals surface area contributed by atoms with Crippen molar-refractivity contribution in [2.24, 2.45) is 5.41 Å². The highest BCUT2D eigenvalue weighted by Crippen LogP contribution is 2.28. The van der Waals surface area contributed by atoms with Crippen molar-refractivity contribution in [3.8, 4) is 0 Å². The summed E-state index contributed by atoms with van der Waals surface area (Å²) in [6.45, 7) is 16.5. The monoisotopic (exact) mass is 1220 g/mol. The van der Waals surface area contributed by atoms with Crippen molar-refractivity contribution in [1.29, 1.82) is 0 Å². The number of esters is 4. The molecule has 0 saturated heterocycles. The first-order chi connectivity index (χ1) is 39.4. The Kier molecular flexibility index (Phi) is 60.4. The van der Waals surface area contributed by atoms with E-state index in [2.05, 4.69) is 55.4 Å². The Morgan fingerprint density at radius 1 is 0.259 bits per heavy atom. The zero-order valence-electron chi connectivity index (χ0n) is 54.5. The van der Waals surface area contributed by atoms with Crippen LogP contribution in [0.15, 0.2) is 0 Å². The molecule has 4 unspecified atom stereocenters. The average molecular weight is 1220 g/mol. The highest BCUT2D eigenvalue weighted by Gasteiger charge is 2.38. The highest BCUT2D eigenvalue weighted by molar-refractivity contribution is 8.00. The normalized spacial score (nSPS) is 13.8. The number of carbonyl (C=O) groups excluding carboxylic acids is 4. The van der Waals surface area contributed by atoms with Crippen LogP contribution >= 0.6 is 47.0 Å². The minimum Gasteiger partial charge on any atom is -0.465 e. The summed E-state index contributed by atoms with van der Waals surface area (Å²) >= 11 is 7.21. The molecule has 81 heavy (non-hydrogen) atoms. The molecule has 0 aromatic carbocycles. The standard InChI is InChI=1S/C69H132O8S4/c1-9-13-17-21-25-29-33-37-41-45-49-78-61(5)53-65(70)74-57-69(58-75-66(71)54-62(6)79-50-46-42-38-34-30-26-22-18-14-10-2,59-76-67(72)55-63(7)80-51-47-43-39-35-31-27-23-19-15-11-3)60-77-68(73)56-64(8)81-52-48-44-40-36-32-28-24-20-16-12-4/h61-64H,9-60H2,1-8H3. The first-order valence-corrected chi connectivity index (χ1v) is 38.7. The maximum Gasteiger partial charge on any atom is 0.306 e. The molecule has 0 heterocycles. The van der Waals surface area contributed by atoms with Crippen LogP contribution in [-0.4, -0.2) is 94.3 Å². The third-order valence-electron chi connectivity index (χ3n) is 15.6. The number of hydrogen-bond acceptors (Lipinski definition) is 12. The second-order valence-corrected chi connectivity index (χ2v) is 30.6. The first-order valence-electron chi connectivity index (χ1n) is 34.5. The number of hydrogen-bond donors (Lipinski definition) is 0. The lowest BCUT2D eigenvalue weighted by Crippen LogP contribution is -2.44. The Bertz CT molecular complexity index is 1200. The quantitative estimate of drug-likeness (QED) is 0.0329. The van der Waals surface area contributed by atoms with Crippen molar-refractivity contribution in [2.45, 2.75) is 359 Å². The van der Waals surface area contributed by atoms with Crippen molar-refractivity contribution < 1.29 is 38.1 Å². The van der Waals surface area contributed by atoms with E-state index in [0.717, 1.165) is 48.7 Å². The molecule has 0 amide bonds. The Balaban J connectivity index is 5.80. The summed E-state index contributed by atoms with van der Waals surface area (Å²) in [5.41, 5.74) is -1.27. The molecule has 0 rings (SSSR count). The van der Waals surface area contributed by atoms with Crippen LogP contribution in [0.5, 0.6) is 0 Å². The predicted octanol–water partition coefficient (Wildman–Crippen LogP) is 21.9. The molecule has 0 spiro atoms. The Hall–Kier alpha value is -0.720. The second-order valence-electron chi connectivity index (χ2n) is 24.4. The molecule has 4 atom stereocenters. The van der Waals surface area contributed by atoms with Crippen molar-refractivity contribution in [3.63, 3.8) is 0 Å². The first kappa shape index (κ1) is 80.3. The van der Waals surface area contributed by atoms with Gasteiger partial charge in [-0.15, -0.1) is 0 Å². The second kappa shape index (κ2) is 60.9. The Morgan fingerprint density at radius 2 is 0.407 bits per heavy atom. The maximum atomic E-state index is 13.6. The molecule has 480 valence electrons. The van der Waals surface area contributed by atoms with E-state index in [4.69, 9.17) is 18.9 Å². The van der Waals surface area contributed by atoms with Crippen molar-refractivity contribution in [2.75, 3.05) is 49.4 Å². The fourth-order valence-electron chi connectivity index (χ4n) is 10.1. The van der Waals surface area contributed by atoms with Crippen LogP contribution < -0.4 is 0 Å². The van der Waals surface area contributed by atoms with E-state index in [9.17, 15) is 19.2 Å².